The van der Waals surface area contributed by atoms with Crippen molar-refractivity contribution in [3.63, 3.8) is 0 Å². The van der Waals surface area contributed by atoms with Crippen LogP contribution in [0.4, 0.5) is 18.9 Å². The quantitative estimate of drug-likeness (QED) is 0.608. The molecular formula is C13H11BrF3NO5. The van der Waals surface area contributed by atoms with Crippen molar-refractivity contribution in [2.75, 3.05) is 19.0 Å². The Kier molecular flexibility index (Phi) is 6.55. The number of carbonyl (C=O) groups excluding carboxylic acids is 3. The molecule has 0 aliphatic rings. The van der Waals surface area contributed by atoms with E-state index >= 15 is 0 Å². The number of halogens is 4. The highest BCUT2D eigenvalue weighted by atomic mass is 79.9. The molecule has 1 aromatic rings. The molecule has 10 heteroatoms. The van der Waals surface area contributed by atoms with Gasteiger partial charge in [0.25, 0.3) is 0 Å². The number of esters is 2. The molecule has 1 unspecified atom stereocenters. The van der Waals surface area contributed by atoms with Crippen LogP contribution in [0.5, 0.6) is 0 Å². The van der Waals surface area contributed by atoms with Gasteiger partial charge in [-0.1, -0.05) is 15.9 Å². The lowest BCUT2D eigenvalue weighted by molar-refractivity contribution is -0.191. The molecular weight excluding hydrogens is 387 g/mol. The topological polar surface area (TPSA) is 81.7 Å². The lowest BCUT2D eigenvalue weighted by Crippen LogP contribution is -2.39. The second-order valence-electron chi connectivity index (χ2n) is 4.18. The Labute approximate surface area is 137 Å². The van der Waals surface area contributed by atoms with Gasteiger partial charge in [-0.3, -0.25) is 14.4 Å². The van der Waals surface area contributed by atoms with E-state index in [-0.39, 0.29) is 5.69 Å². The summed E-state index contributed by atoms with van der Waals surface area (Å²) >= 11 is 3.17. The van der Waals surface area contributed by atoms with Gasteiger partial charge in [-0.15, -0.1) is 0 Å². The number of rotatable bonds is 5. The van der Waals surface area contributed by atoms with Crippen molar-refractivity contribution < 1.29 is 37.0 Å². The lowest BCUT2D eigenvalue weighted by Gasteiger charge is -2.15. The minimum absolute atomic E-state index is 0.232. The summed E-state index contributed by atoms with van der Waals surface area (Å²) in [6.45, 7) is -1.91. The normalized spacial score (nSPS) is 12.2. The number of anilines is 1. The number of methoxy groups -OCH3 is 1. The maximum absolute atomic E-state index is 12.0. The molecule has 0 saturated heterocycles. The maximum Gasteiger partial charge on any atom is 0.422 e. The van der Waals surface area contributed by atoms with Crippen molar-refractivity contribution in [2.45, 2.75) is 6.18 Å². The molecule has 0 radical (unpaired) electrons. The Morgan fingerprint density at radius 2 is 1.74 bits per heavy atom. The van der Waals surface area contributed by atoms with Crippen molar-refractivity contribution in [3.8, 4) is 0 Å². The lowest BCUT2D eigenvalue weighted by atomic mass is 10.1. The molecule has 1 N–H and O–H groups in total. The molecule has 0 fully saturated rings. The number of hydrogen-bond acceptors (Lipinski definition) is 5. The maximum atomic E-state index is 12.0. The van der Waals surface area contributed by atoms with E-state index in [9.17, 15) is 27.6 Å². The highest BCUT2D eigenvalue weighted by Gasteiger charge is 2.39. The van der Waals surface area contributed by atoms with Gasteiger partial charge >= 0.3 is 18.1 Å². The summed E-state index contributed by atoms with van der Waals surface area (Å²) in [6, 6.07) is 6.06. The monoisotopic (exact) mass is 397 g/mol. The van der Waals surface area contributed by atoms with E-state index in [0.717, 1.165) is 7.11 Å². The number of carbonyl (C=O) groups is 3. The van der Waals surface area contributed by atoms with E-state index in [1.165, 1.54) is 12.1 Å². The van der Waals surface area contributed by atoms with Gasteiger partial charge in [-0.2, -0.15) is 13.2 Å². The molecule has 6 nitrogen and oxygen atoms in total. The van der Waals surface area contributed by atoms with Gasteiger partial charge in [0, 0.05) is 10.2 Å². The number of nitrogens with one attached hydrogen (secondary N) is 1. The number of hydrogen-bond donors (Lipinski definition) is 1. The summed E-state index contributed by atoms with van der Waals surface area (Å²) in [5, 5.41) is 2.22. The molecule has 23 heavy (non-hydrogen) atoms. The Bertz CT molecular complexity index is 588. The predicted molar refractivity (Wildman–Crippen MR) is 75.3 cm³/mol. The minimum Gasteiger partial charge on any atom is -0.468 e. The van der Waals surface area contributed by atoms with Crippen LogP contribution in [-0.4, -0.2) is 37.7 Å². The summed E-state index contributed by atoms with van der Waals surface area (Å²) < 4.78 is 45.1. The van der Waals surface area contributed by atoms with E-state index < -0.39 is 36.5 Å². The van der Waals surface area contributed by atoms with Crippen molar-refractivity contribution in [1.82, 2.24) is 0 Å². The van der Waals surface area contributed by atoms with Gasteiger partial charge in [0.2, 0.25) is 11.8 Å². The van der Waals surface area contributed by atoms with E-state index in [1.54, 1.807) is 12.1 Å². The van der Waals surface area contributed by atoms with Crippen LogP contribution in [0, 0.1) is 5.92 Å². The Hall–Kier alpha value is -2.10. The fourth-order valence-corrected chi connectivity index (χ4v) is 1.68. The zero-order valence-electron chi connectivity index (χ0n) is 11.6. The number of amides is 1. The molecule has 1 amide bonds. The van der Waals surface area contributed by atoms with Gasteiger partial charge in [-0.05, 0) is 24.3 Å². The van der Waals surface area contributed by atoms with E-state index in [0.29, 0.717) is 4.47 Å². The van der Waals surface area contributed by atoms with Crippen molar-refractivity contribution in [3.05, 3.63) is 28.7 Å². The summed E-state index contributed by atoms with van der Waals surface area (Å²) in [5.41, 5.74) is 0.232. The number of benzene rings is 1. The smallest absolute Gasteiger partial charge is 0.422 e. The molecule has 0 spiro atoms. The first kappa shape index (κ1) is 18.9. The highest BCUT2D eigenvalue weighted by molar-refractivity contribution is 9.10. The first-order valence-electron chi connectivity index (χ1n) is 6.01. The number of alkyl halides is 3. The molecule has 0 aliphatic heterocycles. The van der Waals surface area contributed by atoms with Crippen LogP contribution in [0.2, 0.25) is 0 Å². The third-order valence-corrected chi connectivity index (χ3v) is 2.95. The van der Waals surface area contributed by atoms with Crippen LogP contribution in [-0.2, 0) is 23.9 Å². The predicted octanol–water partition coefficient (Wildman–Crippen LogP) is 2.28. The second-order valence-corrected chi connectivity index (χ2v) is 5.09. The van der Waals surface area contributed by atoms with Crippen molar-refractivity contribution in [1.29, 1.82) is 0 Å². The van der Waals surface area contributed by atoms with Gasteiger partial charge < -0.3 is 14.8 Å². The van der Waals surface area contributed by atoms with Crippen molar-refractivity contribution >= 4 is 39.5 Å². The van der Waals surface area contributed by atoms with Gasteiger partial charge in [0.15, 0.2) is 6.61 Å². The zero-order valence-corrected chi connectivity index (χ0v) is 13.2. The summed E-state index contributed by atoms with van der Waals surface area (Å²) in [6.07, 6.45) is -4.78. The fraction of sp³-hybridized carbons (Fsp3) is 0.308. The third-order valence-electron chi connectivity index (χ3n) is 2.42. The summed E-state index contributed by atoms with van der Waals surface area (Å²) in [4.78, 5) is 35.0. The standard InChI is InChI=1S/C13H11BrF3NO5/c1-22-11(20)9(12(21)23-6-13(15,16)17)10(19)18-8-4-2-7(14)3-5-8/h2-5,9H,6H2,1H3,(H,18,19). The summed E-state index contributed by atoms with van der Waals surface area (Å²) in [7, 11) is 0.888. The fourth-order valence-electron chi connectivity index (χ4n) is 1.41. The van der Waals surface area contributed by atoms with Gasteiger partial charge in [0.1, 0.15) is 0 Å². The Balaban J connectivity index is 2.84. The molecule has 0 saturated carbocycles. The highest BCUT2D eigenvalue weighted by Crippen LogP contribution is 2.18. The van der Waals surface area contributed by atoms with Crippen LogP contribution >= 0.6 is 15.9 Å². The van der Waals surface area contributed by atoms with Crippen LogP contribution in [0.25, 0.3) is 0 Å². The van der Waals surface area contributed by atoms with E-state index in [1.807, 2.05) is 0 Å². The third kappa shape index (κ3) is 6.27. The van der Waals surface area contributed by atoms with Gasteiger partial charge in [-0.25, -0.2) is 0 Å². The SMILES string of the molecule is COC(=O)C(C(=O)Nc1ccc(Br)cc1)C(=O)OCC(F)(F)F. The second kappa shape index (κ2) is 7.95. The van der Waals surface area contributed by atoms with Crippen LogP contribution in [0.3, 0.4) is 0 Å². The minimum atomic E-state index is -4.78. The Morgan fingerprint density at radius 1 is 1.17 bits per heavy atom. The molecule has 0 heterocycles. The molecule has 0 aliphatic carbocycles. The first-order valence-corrected chi connectivity index (χ1v) is 6.81. The average molecular weight is 398 g/mol. The molecule has 1 rings (SSSR count). The summed E-state index contributed by atoms with van der Waals surface area (Å²) in [5.74, 6) is -6.30. The van der Waals surface area contributed by atoms with E-state index in [2.05, 4.69) is 30.7 Å². The van der Waals surface area contributed by atoms with Gasteiger partial charge in [0.05, 0.1) is 7.11 Å². The Morgan fingerprint density at radius 3 is 2.22 bits per heavy atom. The molecule has 1 atom stereocenters. The van der Waals surface area contributed by atoms with Crippen LogP contribution in [0.15, 0.2) is 28.7 Å². The first-order chi connectivity index (χ1) is 10.6. The van der Waals surface area contributed by atoms with E-state index in [4.69, 9.17) is 0 Å². The van der Waals surface area contributed by atoms with Crippen LogP contribution < -0.4 is 5.32 Å². The van der Waals surface area contributed by atoms with Crippen LogP contribution in [0.1, 0.15) is 0 Å². The van der Waals surface area contributed by atoms with Crippen molar-refractivity contribution in [2.24, 2.45) is 5.92 Å². The average Bonchev–Trinajstić information content (AvgIpc) is 2.46. The zero-order chi connectivity index (χ0) is 17.6. The molecule has 0 bridgehead atoms. The molecule has 0 aromatic heterocycles. The molecule has 126 valence electrons. The molecule has 1 aromatic carbocycles. The largest absolute Gasteiger partial charge is 0.468 e. The number of ether oxygens (including phenoxy) is 2.